The summed E-state index contributed by atoms with van der Waals surface area (Å²) >= 11 is 4.46. The number of nitrogens with zero attached hydrogens (tertiary/aromatic N) is 1. The number of carbonyl (C=O) groups excluding carboxylic acids is 1. The largest absolute Gasteiger partial charge is 0.489 e. The Bertz CT molecular complexity index is 912. The van der Waals surface area contributed by atoms with Gasteiger partial charge in [0.25, 0.3) is 5.91 Å². The van der Waals surface area contributed by atoms with E-state index in [0.717, 1.165) is 16.2 Å². The summed E-state index contributed by atoms with van der Waals surface area (Å²) in [5.74, 6) is -0.115. The molecule has 0 saturated carbocycles. The Balaban J connectivity index is 1.94. The summed E-state index contributed by atoms with van der Waals surface area (Å²) in [4.78, 5) is 14.4. The number of amidine groups is 1. The van der Waals surface area contributed by atoms with Gasteiger partial charge in [0.1, 0.15) is 18.2 Å². The first-order valence-corrected chi connectivity index (χ1v) is 9.22. The van der Waals surface area contributed by atoms with Crippen molar-refractivity contribution >= 4 is 50.5 Å². The molecular weight excluding hydrogens is 419 g/mol. The Morgan fingerprint density at radius 3 is 2.69 bits per heavy atom. The fourth-order valence-corrected chi connectivity index (χ4v) is 3.60. The van der Waals surface area contributed by atoms with Crippen LogP contribution in [0.4, 0.5) is 10.1 Å². The number of anilines is 1. The van der Waals surface area contributed by atoms with Crippen molar-refractivity contribution in [2.75, 3.05) is 11.5 Å². The van der Waals surface area contributed by atoms with Gasteiger partial charge in [-0.2, -0.15) is 0 Å². The highest BCUT2D eigenvalue weighted by Crippen LogP contribution is 2.37. The molecule has 1 heterocycles. The maximum atomic E-state index is 13.1. The van der Waals surface area contributed by atoms with Gasteiger partial charge >= 0.3 is 0 Å². The number of ether oxygens (including phenoxy) is 1. The second kappa shape index (κ2) is 7.88. The Kier molecular flexibility index (Phi) is 5.58. The zero-order valence-electron chi connectivity index (χ0n) is 13.5. The molecule has 1 fully saturated rings. The van der Waals surface area contributed by atoms with Crippen LogP contribution in [-0.4, -0.2) is 17.7 Å². The van der Waals surface area contributed by atoms with Crippen molar-refractivity contribution in [3.8, 4) is 5.75 Å². The van der Waals surface area contributed by atoms with E-state index in [4.69, 9.17) is 10.1 Å². The van der Waals surface area contributed by atoms with Crippen LogP contribution in [0.3, 0.4) is 0 Å². The molecule has 26 heavy (non-hydrogen) atoms. The van der Waals surface area contributed by atoms with E-state index < -0.39 is 5.82 Å². The summed E-state index contributed by atoms with van der Waals surface area (Å²) in [6.07, 6.45) is 3.33. The van der Waals surface area contributed by atoms with Gasteiger partial charge in [-0.05, 0) is 60.3 Å². The average molecular weight is 433 g/mol. The van der Waals surface area contributed by atoms with Gasteiger partial charge in [-0.15, -0.1) is 0 Å². The Morgan fingerprint density at radius 1 is 1.27 bits per heavy atom. The third kappa shape index (κ3) is 3.89. The van der Waals surface area contributed by atoms with Crippen LogP contribution < -0.4 is 9.64 Å². The lowest BCUT2D eigenvalue weighted by atomic mass is 10.2. The Morgan fingerprint density at radius 2 is 2.00 bits per heavy atom. The molecule has 0 aliphatic carbocycles. The number of thioether (sulfide) groups is 1. The minimum absolute atomic E-state index is 0.0661. The van der Waals surface area contributed by atoms with Gasteiger partial charge in [-0.1, -0.05) is 28.6 Å². The molecule has 3 rings (SSSR count). The SMILES string of the molecule is C=CCOc1ccc(Br)cc1C=C1SC(=N)N(c2ccc(F)cc2)C1=O. The average Bonchev–Trinajstić information content (AvgIpc) is 2.89. The lowest BCUT2D eigenvalue weighted by Crippen LogP contribution is -2.28. The Labute approximate surface area is 163 Å². The van der Waals surface area contributed by atoms with Crippen LogP contribution in [0.5, 0.6) is 5.75 Å². The predicted molar refractivity (Wildman–Crippen MR) is 107 cm³/mol. The number of hydrogen-bond donors (Lipinski definition) is 1. The fraction of sp³-hybridized carbons (Fsp3) is 0.0526. The summed E-state index contributed by atoms with van der Waals surface area (Å²) in [6, 6.07) is 11.0. The van der Waals surface area contributed by atoms with Crippen LogP contribution in [0.1, 0.15) is 5.56 Å². The molecule has 132 valence electrons. The molecule has 1 amide bonds. The van der Waals surface area contributed by atoms with Crippen LogP contribution in [-0.2, 0) is 4.79 Å². The highest BCUT2D eigenvalue weighted by Gasteiger charge is 2.33. The predicted octanol–water partition coefficient (Wildman–Crippen LogP) is 5.21. The van der Waals surface area contributed by atoms with E-state index in [1.165, 1.54) is 29.2 Å². The molecule has 2 aromatic carbocycles. The standard InChI is InChI=1S/C19H14BrFN2O2S/c1-2-9-25-16-8-3-13(20)10-12(16)11-17-18(24)23(19(22)26-17)15-6-4-14(21)5-7-15/h2-8,10-11,22H,1,9H2. The quantitative estimate of drug-likeness (QED) is 0.521. The monoisotopic (exact) mass is 432 g/mol. The molecule has 0 spiro atoms. The number of benzene rings is 2. The molecular formula is C19H14BrFN2O2S. The first-order chi connectivity index (χ1) is 12.5. The van der Waals surface area contributed by atoms with Crippen molar-refractivity contribution in [3.05, 3.63) is 75.9 Å². The molecule has 0 radical (unpaired) electrons. The van der Waals surface area contributed by atoms with Crippen molar-refractivity contribution in [1.82, 2.24) is 0 Å². The molecule has 7 heteroatoms. The third-order valence-electron chi connectivity index (χ3n) is 3.52. The van der Waals surface area contributed by atoms with E-state index in [0.29, 0.717) is 28.5 Å². The van der Waals surface area contributed by atoms with Crippen LogP contribution in [0.25, 0.3) is 6.08 Å². The van der Waals surface area contributed by atoms with Crippen LogP contribution in [0.15, 0.2) is 64.5 Å². The fourth-order valence-electron chi connectivity index (χ4n) is 2.37. The molecule has 1 N–H and O–H groups in total. The highest BCUT2D eigenvalue weighted by molar-refractivity contribution is 9.10. The van der Waals surface area contributed by atoms with Gasteiger partial charge in [-0.3, -0.25) is 15.1 Å². The number of amides is 1. The summed E-state index contributed by atoms with van der Waals surface area (Å²) < 4.78 is 19.6. The van der Waals surface area contributed by atoms with Gasteiger partial charge in [-0.25, -0.2) is 4.39 Å². The first-order valence-electron chi connectivity index (χ1n) is 7.61. The molecule has 1 aliphatic rings. The van der Waals surface area contributed by atoms with Crippen molar-refractivity contribution in [2.45, 2.75) is 0 Å². The lowest BCUT2D eigenvalue weighted by molar-refractivity contribution is -0.113. The molecule has 0 unspecified atom stereocenters. The number of nitrogens with one attached hydrogen (secondary N) is 1. The Hall–Kier alpha value is -2.38. The number of hydrogen-bond acceptors (Lipinski definition) is 4. The van der Waals surface area contributed by atoms with Crippen molar-refractivity contribution in [3.63, 3.8) is 0 Å². The topological polar surface area (TPSA) is 53.4 Å². The molecule has 1 saturated heterocycles. The molecule has 1 aliphatic heterocycles. The van der Waals surface area contributed by atoms with Crippen LogP contribution >= 0.6 is 27.7 Å². The summed E-state index contributed by atoms with van der Waals surface area (Å²) in [5, 5.41) is 8.18. The summed E-state index contributed by atoms with van der Waals surface area (Å²) in [6.45, 7) is 3.97. The number of carbonyl (C=O) groups is 1. The maximum absolute atomic E-state index is 13.1. The second-order valence-electron chi connectivity index (χ2n) is 5.31. The number of rotatable bonds is 5. The van der Waals surface area contributed by atoms with Crippen molar-refractivity contribution in [1.29, 1.82) is 5.41 Å². The third-order valence-corrected chi connectivity index (χ3v) is 4.91. The zero-order valence-corrected chi connectivity index (χ0v) is 15.9. The van der Waals surface area contributed by atoms with Crippen molar-refractivity contribution < 1.29 is 13.9 Å². The maximum Gasteiger partial charge on any atom is 0.271 e. The molecule has 4 nitrogen and oxygen atoms in total. The van der Waals surface area contributed by atoms with Crippen molar-refractivity contribution in [2.24, 2.45) is 0 Å². The summed E-state index contributed by atoms with van der Waals surface area (Å²) in [5.41, 5.74) is 1.17. The lowest BCUT2D eigenvalue weighted by Gasteiger charge is -2.14. The smallest absolute Gasteiger partial charge is 0.271 e. The van der Waals surface area contributed by atoms with E-state index in [1.807, 2.05) is 12.1 Å². The summed E-state index contributed by atoms with van der Waals surface area (Å²) in [7, 11) is 0. The van der Waals surface area contributed by atoms with Gasteiger partial charge in [0.05, 0.1) is 10.6 Å². The number of halogens is 2. The van der Waals surface area contributed by atoms with E-state index in [1.54, 1.807) is 18.2 Å². The molecule has 0 bridgehead atoms. The van der Waals surface area contributed by atoms with E-state index >= 15 is 0 Å². The minimum Gasteiger partial charge on any atom is -0.489 e. The normalized spacial score (nSPS) is 15.6. The second-order valence-corrected chi connectivity index (χ2v) is 7.26. The minimum atomic E-state index is -0.395. The molecule has 2 aromatic rings. The van der Waals surface area contributed by atoms with Gasteiger partial charge in [0.15, 0.2) is 5.17 Å². The first kappa shape index (κ1) is 18.4. The van der Waals surface area contributed by atoms with Gasteiger partial charge < -0.3 is 4.74 Å². The van der Waals surface area contributed by atoms with Crippen LogP contribution in [0, 0.1) is 11.2 Å². The van der Waals surface area contributed by atoms with Gasteiger partial charge in [0.2, 0.25) is 0 Å². The van der Waals surface area contributed by atoms with E-state index in [-0.39, 0.29) is 11.1 Å². The van der Waals surface area contributed by atoms with E-state index in [2.05, 4.69) is 22.5 Å². The highest BCUT2D eigenvalue weighted by atomic mass is 79.9. The van der Waals surface area contributed by atoms with E-state index in [9.17, 15) is 9.18 Å². The van der Waals surface area contributed by atoms with Gasteiger partial charge in [0, 0.05) is 10.0 Å². The molecule has 0 aromatic heterocycles. The molecule has 0 atom stereocenters. The zero-order chi connectivity index (χ0) is 18.7. The van der Waals surface area contributed by atoms with Crippen LogP contribution in [0.2, 0.25) is 0 Å².